The van der Waals surface area contributed by atoms with E-state index in [4.69, 9.17) is 21.1 Å². The molecule has 6 nitrogen and oxygen atoms in total. The molecule has 0 unspecified atom stereocenters. The maximum atomic E-state index is 12.7. The van der Waals surface area contributed by atoms with E-state index in [1.165, 1.54) is 13.2 Å². The minimum absolute atomic E-state index is 0.0122. The molecule has 0 amide bonds. The van der Waals surface area contributed by atoms with E-state index < -0.39 is 11.7 Å². The standard InChI is InChI=1S/C23H18ClF3N4O2/c1-13-21(31-22(30-13)18-7-5-16(24)11-29-18)14-3-8-19(20(9-14)32-2)33-12-17-6-4-15(10-28-17)23(25,26)27/h3-11H,12H2,1-2H3,(H,30,31). The molecule has 10 heteroatoms. The van der Waals surface area contributed by atoms with Crippen molar-refractivity contribution in [1.82, 2.24) is 19.9 Å². The van der Waals surface area contributed by atoms with Crippen LogP contribution in [0.2, 0.25) is 5.02 Å². The van der Waals surface area contributed by atoms with E-state index in [9.17, 15) is 13.2 Å². The molecule has 0 radical (unpaired) electrons. The quantitative estimate of drug-likeness (QED) is 0.365. The highest BCUT2D eigenvalue weighted by Gasteiger charge is 2.30. The number of ether oxygens (including phenoxy) is 2. The number of aromatic amines is 1. The Morgan fingerprint density at radius 2 is 1.82 bits per heavy atom. The number of imidazole rings is 1. The van der Waals surface area contributed by atoms with Crippen LogP contribution in [0.25, 0.3) is 22.8 Å². The van der Waals surface area contributed by atoms with Crippen LogP contribution < -0.4 is 9.47 Å². The molecule has 1 aromatic carbocycles. The lowest BCUT2D eigenvalue weighted by molar-refractivity contribution is -0.137. The molecular formula is C23H18ClF3N4O2. The Hall–Kier alpha value is -3.59. The molecule has 4 aromatic rings. The summed E-state index contributed by atoms with van der Waals surface area (Å²) in [6.07, 6.45) is -2.10. The van der Waals surface area contributed by atoms with Crippen LogP contribution in [-0.4, -0.2) is 27.0 Å². The molecular weight excluding hydrogens is 457 g/mol. The fraction of sp³-hybridized carbons (Fsp3) is 0.174. The number of nitrogens with one attached hydrogen (secondary N) is 1. The molecule has 3 heterocycles. The van der Waals surface area contributed by atoms with Crippen molar-refractivity contribution in [3.63, 3.8) is 0 Å². The van der Waals surface area contributed by atoms with E-state index in [2.05, 4.69) is 19.9 Å². The van der Waals surface area contributed by atoms with Crippen LogP contribution in [0.3, 0.4) is 0 Å². The summed E-state index contributed by atoms with van der Waals surface area (Å²) < 4.78 is 49.2. The fourth-order valence-corrected chi connectivity index (χ4v) is 3.25. The number of hydrogen-bond acceptors (Lipinski definition) is 5. The smallest absolute Gasteiger partial charge is 0.417 e. The molecule has 33 heavy (non-hydrogen) atoms. The molecule has 0 bridgehead atoms. The molecule has 0 saturated carbocycles. The van der Waals surface area contributed by atoms with Crippen molar-refractivity contribution >= 4 is 11.6 Å². The van der Waals surface area contributed by atoms with Crippen molar-refractivity contribution in [2.24, 2.45) is 0 Å². The Labute approximate surface area is 192 Å². The van der Waals surface area contributed by atoms with Crippen LogP contribution >= 0.6 is 11.6 Å². The van der Waals surface area contributed by atoms with E-state index in [-0.39, 0.29) is 6.61 Å². The van der Waals surface area contributed by atoms with Gasteiger partial charge in [0.05, 0.1) is 29.1 Å². The van der Waals surface area contributed by atoms with Crippen molar-refractivity contribution in [3.8, 4) is 34.3 Å². The first-order valence-corrected chi connectivity index (χ1v) is 10.1. The number of pyridine rings is 2. The lowest BCUT2D eigenvalue weighted by Gasteiger charge is -2.12. The Morgan fingerprint density at radius 3 is 2.45 bits per heavy atom. The second-order valence-electron chi connectivity index (χ2n) is 7.11. The molecule has 3 aromatic heterocycles. The van der Waals surface area contributed by atoms with Gasteiger partial charge in [0.15, 0.2) is 17.3 Å². The predicted molar refractivity (Wildman–Crippen MR) is 117 cm³/mol. The summed E-state index contributed by atoms with van der Waals surface area (Å²) in [6, 6.07) is 11.1. The highest BCUT2D eigenvalue weighted by molar-refractivity contribution is 6.30. The summed E-state index contributed by atoms with van der Waals surface area (Å²) in [5.41, 5.74) is 2.56. The lowest BCUT2D eigenvalue weighted by atomic mass is 10.1. The molecule has 0 fully saturated rings. The van der Waals surface area contributed by atoms with Gasteiger partial charge in [-0.25, -0.2) is 4.98 Å². The van der Waals surface area contributed by atoms with E-state index >= 15 is 0 Å². The Morgan fingerprint density at radius 1 is 1.00 bits per heavy atom. The van der Waals surface area contributed by atoms with Crippen LogP contribution in [0, 0.1) is 6.92 Å². The van der Waals surface area contributed by atoms with Gasteiger partial charge in [-0.3, -0.25) is 9.97 Å². The first-order valence-electron chi connectivity index (χ1n) is 9.76. The molecule has 0 saturated heterocycles. The zero-order chi connectivity index (χ0) is 23.6. The third kappa shape index (κ3) is 5.09. The number of nitrogens with zero attached hydrogens (tertiary/aromatic N) is 3. The molecule has 0 spiro atoms. The van der Waals surface area contributed by atoms with Gasteiger partial charge in [-0.15, -0.1) is 0 Å². The number of H-pyrrole nitrogens is 1. The molecule has 0 aliphatic rings. The zero-order valence-electron chi connectivity index (χ0n) is 17.6. The van der Waals surface area contributed by atoms with Gasteiger partial charge in [0.25, 0.3) is 0 Å². The van der Waals surface area contributed by atoms with Crippen LogP contribution in [0.1, 0.15) is 17.0 Å². The predicted octanol–water partition coefficient (Wildman–Crippen LogP) is 6.10. The minimum atomic E-state index is -4.43. The number of alkyl halides is 3. The Kier molecular flexibility index (Phi) is 6.24. The number of hydrogen-bond donors (Lipinski definition) is 1. The third-order valence-corrected chi connectivity index (χ3v) is 5.04. The summed E-state index contributed by atoms with van der Waals surface area (Å²) in [7, 11) is 1.50. The van der Waals surface area contributed by atoms with E-state index in [1.807, 2.05) is 13.0 Å². The van der Waals surface area contributed by atoms with Gasteiger partial charge in [0, 0.05) is 23.7 Å². The third-order valence-electron chi connectivity index (χ3n) is 4.82. The summed E-state index contributed by atoms with van der Waals surface area (Å²) in [5.74, 6) is 1.48. The van der Waals surface area contributed by atoms with Crippen LogP contribution in [0.15, 0.2) is 54.9 Å². The minimum Gasteiger partial charge on any atom is -0.493 e. The topological polar surface area (TPSA) is 72.9 Å². The number of halogens is 4. The number of benzene rings is 1. The zero-order valence-corrected chi connectivity index (χ0v) is 18.3. The van der Waals surface area contributed by atoms with Gasteiger partial charge in [-0.2, -0.15) is 13.2 Å². The largest absolute Gasteiger partial charge is 0.493 e. The summed E-state index contributed by atoms with van der Waals surface area (Å²) in [5, 5.41) is 0.536. The Bertz CT molecular complexity index is 1260. The van der Waals surface area contributed by atoms with Crippen LogP contribution in [0.4, 0.5) is 13.2 Å². The van der Waals surface area contributed by atoms with Crippen LogP contribution in [-0.2, 0) is 12.8 Å². The second-order valence-corrected chi connectivity index (χ2v) is 7.55. The van der Waals surface area contributed by atoms with Crippen molar-refractivity contribution in [1.29, 1.82) is 0 Å². The van der Waals surface area contributed by atoms with Gasteiger partial charge in [-0.1, -0.05) is 11.6 Å². The number of aromatic nitrogens is 4. The average molecular weight is 475 g/mol. The molecule has 170 valence electrons. The van der Waals surface area contributed by atoms with Gasteiger partial charge >= 0.3 is 6.18 Å². The van der Waals surface area contributed by atoms with Crippen molar-refractivity contribution < 1.29 is 22.6 Å². The van der Waals surface area contributed by atoms with Gasteiger partial charge < -0.3 is 14.5 Å². The SMILES string of the molecule is COc1cc(-c2nc(-c3ccc(Cl)cn3)[nH]c2C)ccc1OCc1ccc(C(F)(F)F)cn1. The fourth-order valence-electron chi connectivity index (χ4n) is 3.14. The van der Waals surface area contributed by atoms with Crippen molar-refractivity contribution in [2.75, 3.05) is 7.11 Å². The maximum Gasteiger partial charge on any atom is 0.417 e. The Balaban J connectivity index is 1.53. The van der Waals surface area contributed by atoms with E-state index in [1.54, 1.807) is 30.5 Å². The molecule has 0 atom stereocenters. The second kappa shape index (κ2) is 9.11. The summed E-state index contributed by atoms with van der Waals surface area (Å²) in [6.45, 7) is 1.89. The highest BCUT2D eigenvalue weighted by Crippen LogP contribution is 2.34. The number of rotatable bonds is 6. The highest BCUT2D eigenvalue weighted by atomic mass is 35.5. The van der Waals surface area contributed by atoms with Gasteiger partial charge in [-0.05, 0) is 49.4 Å². The van der Waals surface area contributed by atoms with Crippen LogP contribution in [0.5, 0.6) is 11.5 Å². The normalized spacial score (nSPS) is 11.5. The van der Waals surface area contributed by atoms with Crippen molar-refractivity contribution in [2.45, 2.75) is 19.7 Å². The molecule has 0 aliphatic carbocycles. The molecule has 1 N–H and O–H groups in total. The lowest BCUT2D eigenvalue weighted by Crippen LogP contribution is -2.07. The monoisotopic (exact) mass is 474 g/mol. The number of methoxy groups -OCH3 is 1. The van der Waals surface area contributed by atoms with Gasteiger partial charge in [0.2, 0.25) is 0 Å². The van der Waals surface area contributed by atoms with Crippen molar-refractivity contribution in [3.05, 3.63) is 76.8 Å². The van der Waals surface area contributed by atoms with E-state index in [0.29, 0.717) is 33.7 Å². The first kappa shape index (κ1) is 22.6. The summed E-state index contributed by atoms with van der Waals surface area (Å²) >= 11 is 5.90. The molecule has 4 rings (SSSR count). The number of aryl methyl sites for hydroxylation is 1. The average Bonchev–Trinajstić information content (AvgIpc) is 3.19. The molecule has 0 aliphatic heterocycles. The first-order chi connectivity index (χ1) is 15.7. The maximum absolute atomic E-state index is 12.7. The van der Waals surface area contributed by atoms with Gasteiger partial charge in [0.1, 0.15) is 12.3 Å². The van der Waals surface area contributed by atoms with E-state index in [0.717, 1.165) is 29.2 Å². The summed E-state index contributed by atoms with van der Waals surface area (Å²) in [4.78, 5) is 16.0.